The van der Waals surface area contributed by atoms with Crippen LogP contribution < -0.4 is 5.73 Å². The van der Waals surface area contributed by atoms with E-state index in [1.807, 2.05) is 12.1 Å². The number of furan rings is 1. The maximum atomic E-state index is 6.25. The summed E-state index contributed by atoms with van der Waals surface area (Å²) in [6.45, 7) is 0. The quantitative estimate of drug-likeness (QED) is 0.428. The SMILES string of the molecule is NC1CCCc2c1ccc1c2ccc2ccccc21.c1ccoc1. The fourth-order valence-electron chi connectivity index (χ4n) is 3.67. The fraction of sp³-hybridized carbons (Fsp3) is 0.182. The molecule has 0 spiro atoms. The Balaban J connectivity index is 0.000000252. The lowest BCUT2D eigenvalue weighted by Gasteiger charge is -2.24. The molecule has 0 fully saturated rings. The summed E-state index contributed by atoms with van der Waals surface area (Å²) in [5.41, 5.74) is 9.08. The van der Waals surface area contributed by atoms with Crippen molar-refractivity contribution in [2.45, 2.75) is 25.3 Å². The van der Waals surface area contributed by atoms with Gasteiger partial charge in [0.15, 0.2) is 0 Å². The number of hydrogen-bond acceptors (Lipinski definition) is 2. The first kappa shape index (κ1) is 15.0. The van der Waals surface area contributed by atoms with Crippen molar-refractivity contribution in [1.29, 1.82) is 0 Å². The van der Waals surface area contributed by atoms with Crippen molar-refractivity contribution in [3.63, 3.8) is 0 Å². The normalized spacial score (nSPS) is 16.5. The Morgan fingerprint density at radius 3 is 2.38 bits per heavy atom. The van der Waals surface area contributed by atoms with E-state index in [9.17, 15) is 0 Å². The molecular weight excluding hydrogens is 294 g/mol. The molecule has 4 aromatic rings. The van der Waals surface area contributed by atoms with E-state index in [0.29, 0.717) is 0 Å². The average molecular weight is 315 g/mol. The van der Waals surface area contributed by atoms with Crippen molar-refractivity contribution in [2.24, 2.45) is 5.73 Å². The van der Waals surface area contributed by atoms with Gasteiger partial charge in [0.2, 0.25) is 0 Å². The van der Waals surface area contributed by atoms with Gasteiger partial charge in [0, 0.05) is 6.04 Å². The van der Waals surface area contributed by atoms with Gasteiger partial charge in [-0.2, -0.15) is 0 Å². The Bertz CT molecular complexity index is 939. The summed E-state index contributed by atoms with van der Waals surface area (Å²) in [4.78, 5) is 0. The molecule has 0 bridgehead atoms. The highest BCUT2D eigenvalue weighted by atomic mass is 16.3. The summed E-state index contributed by atoms with van der Waals surface area (Å²) >= 11 is 0. The van der Waals surface area contributed by atoms with Gasteiger partial charge in [-0.05, 0) is 64.1 Å². The third-order valence-corrected chi connectivity index (χ3v) is 4.84. The van der Waals surface area contributed by atoms with Gasteiger partial charge in [0.25, 0.3) is 0 Å². The standard InChI is InChI=1S/C18H17N.C4H4O/c19-18-7-3-6-14-16-9-8-12-4-1-2-5-13(12)15(16)10-11-17(14)18;1-2-4-5-3-1/h1-2,4-5,8-11,18H,3,6-7,19H2;1-4H. The Hall–Kier alpha value is -2.58. The zero-order valence-electron chi connectivity index (χ0n) is 13.6. The Morgan fingerprint density at radius 2 is 1.58 bits per heavy atom. The summed E-state index contributed by atoms with van der Waals surface area (Å²) in [5, 5.41) is 5.43. The molecule has 5 rings (SSSR count). The molecule has 0 saturated heterocycles. The Morgan fingerprint density at radius 1 is 0.792 bits per heavy atom. The van der Waals surface area contributed by atoms with Crippen molar-refractivity contribution in [1.82, 2.24) is 0 Å². The molecule has 1 aromatic heterocycles. The average Bonchev–Trinajstić information content (AvgIpc) is 3.21. The molecule has 0 aliphatic heterocycles. The molecule has 1 aliphatic carbocycles. The largest absolute Gasteiger partial charge is 0.473 e. The van der Waals surface area contributed by atoms with Crippen LogP contribution in [0.1, 0.15) is 30.0 Å². The highest BCUT2D eigenvalue weighted by Crippen LogP contribution is 2.36. The minimum absolute atomic E-state index is 0.222. The second-order valence-electron chi connectivity index (χ2n) is 6.31. The predicted molar refractivity (Wildman–Crippen MR) is 100 cm³/mol. The first-order valence-corrected chi connectivity index (χ1v) is 8.50. The zero-order chi connectivity index (χ0) is 16.4. The Kier molecular flexibility index (Phi) is 4.06. The zero-order valence-corrected chi connectivity index (χ0v) is 13.6. The summed E-state index contributed by atoms with van der Waals surface area (Å²) in [7, 11) is 0. The molecule has 2 heteroatoms. The third kappa shape index (κ3) is 2.70. The van der Waals surface area contributed by atoms with Crippen LogP contribution in [0, 0.1) is 0 Å². The predicted octanol–water partition coefficient (Wildman–Crippen LogP) is 5.61. The van der Waals surface area contributed by atoms with Crippen LogP contribution in [-0.4, -0.2) is 0 Å². The highest BCUT2D eigenvalue weighted by molar-refractivity contribution is 6.08. The number of aryl methyl sites for hydroxylation is 1. The topological polar surface area (TPSA) is 39.2 Å². The van der Waals surface area contributed by atoms with E-state index >= 15 is 0 Å². The van der Waals surface area contributed by atoms with Crippen LogP contribution in [-0.2, 0) is 6.42 Å². The van der Waals surface area contributed by atoms with E-state index in [-0.39, 0.29) is 6.04 Å². The van der Waals surface area contributed by atoms with Gasteiger partial charge < -0.3 is 10.2 Å². The monoisotopic (exact) mass is 315 g/mol. The van der Waals surface area contributed by atoms with Gasteiger partial charge in [-0.1, -0.05) is 48.5 Å². The van der Waals surface area contributed by atoms with E-state index in [4.69, 9.17) is 5.73 Å². The number of fused-ring (bicyclic) bond motifs is 5. The summed E-state index contributed by atoms with van der Waals surface area (Å²) in [5.74, 6) is 0. The molecule has 1 heterocycles. The number of benzene rings is 3. The van der Waals surface area contributed by atoms with Gasteiger partial charge in [-0.3, -0.25) is 0 Å². The van der Waals surface area contributed by atoms with Crippen molar-refractivity contribution in [3.05, 3.63) is 84.3 Å². The molecule has 0 amide bonds. The van der Waals surface area contributed by atoms with Gasteiger partial charge in [0.05, 0.1) is 12.5 Å². The molecule has 0 saturated carbocycles. The van der Waals surface area contributed by atoms with Gasteiger partial charge in [-0.25, -0.2) is 0 Å². The van der Waals surface area contributed by atoms with E-state index in [2.05, 4.69) is 52.9 Å². The summed E-state index contributed by atoms with van der Waals surface area (Å²) < 4.78 is 4.58. The lowest BCUT2D eigenvalue weighted by molar-refractivity contribution is 0.567. The summed E-state index contributed by atoms with van der Waals surface area (Å²) in [6.07, 6.45) is 6.74. The van der Waals surface area contributed by atoms with Crippen LogP contribution in [0.3, 0.4) is 0 Å². The highest BCUT2D eigenvalue weighted by Gasteiger charge is 2.18. The van der Waals surface area contributed by atoms with Crippen molar-refractivity contribution in [3.8, 4) is 0 Å². The lowest BCUT2D eigenvalue weighted by Crippen LogP contribution is -2.17. The van der Waals surface area contributed by atoms with E-state index in [1.54, 1.807) is 12.5 Å². The fourth-order valence-corrected chi connectivity index (χ4v) is 3.67. The second-order valence-corrected chi connectivity index (χ2v) is 6.31. The van der Waals surface area contributed by atoms with Crippen LogP contribution >= 0.6 is 0 Å². The van der Waals surface area contributed by atoms with E-state index < -0.39 is 0 Å². The van der Waals surface area contributed by atoms with E-state index in [1.165, 1.54) is 45.5 Å². The van der Waals surface area contributed by atoms with Crippen LogP contribution in [0.25, 0.3) is 21.5 Å². The van der Waals surface area contributed by atoms with Crippen LogP contribution in [0.4, 0.5) is 0 Å². The molecular formula is C22H21NO. The maximum absolute atomic E-state index is 6.25. The van der Waals surface area contributed by atoms with Crippen LogP contribution in [0.15, 0.2) is 77.6 Å². The first-order valence-electron chi connectivity index (χ1n) is 8.50. The van der Waals surface area contributed by atoms with E-state index in [0.717, 1.165) is 6.42 Å². The molecule has 120 valence electrons. The molecule has 1 atom stereocenters. The maximum Gasteiger partial charge on any atom is 0.0902 e. The third-order valence-electron chi connectivity index (χ3n) is 4.84. The van der Waals surface area contributed by atoms with Crippen LogP contribution in [0.5, 0.6) is 0 Å². The molecule has 1 unspecified atom stereocenters. The number of nitrogens with two attached hydrogens (primary N) is 1. The molecule has 1 aliphatic rings. The molecule has 2 nitrogen and oxygen atoms in total. The van der Waals surface area contributed by atoms with Gasteiger partial charge >= 0.3 is 0 Å². The van der Waals surface area contributed by atoms with Crippen molar-refractivity contribution in [2.75, 3.05) is 0 Å². The van der Waals surface area contributed by atoms with Crippen LogP contribution in [0.2, 0.25) is 0 Å². The molecule has 0 radical (unpaired) electrons. The van der Waals surface area contributed by atoms with Crippen molar-refractivity contribution < 1.29 is 4.42 Å². The molecule has 24 heavy (non-hydrogen) atoms. The number of rotatable bonds is 0. The first-order chi connectivity index (χ1) is 11.8. The van der Waals surface area contributed by atoms with Crippen molar-refractivity contribution >= 4 is 21.5 Å². The Labute approximate surface area is 141 Å². The lowest BCUT2D eigenvalue weighted by atomic mass is 9.84. The van der Waals surface area contributed by atoms with Gasteiger partial charge in [0.1, 0.15) is 0 Å². The number of hydrogen-bond donors (Lipinski definition) is 1. The minimum atomic E-state index is 0.222. The van der Waals surface area contributed by atoms with Gasteiger partial charge in [-0.15, -0.1) is 0 Å². The smallest absolute Gasteiger partial charge is 0.0902 e. The molecule has 2 N–H and O–H groups in total. The molecule has 3 aromatic carbocycles. The second kappa shape index (κ2) is 6.50. The minimum Gasteiger partial charge on any atom is -0.473 e. The summed E-state index contributed by atoms with van der Waals surface area (Å²) in [6, 6.07) is 21.5.